The molecule has 3 aromatic rings. The molecule has 0 atom stereocenters. The minimum Gasteiger partial charge on any atom is -0.510 e. The monoisotopic (exact) mass is 380 g/mol. The number of nitriles is 1. The smallest absolute Gasteiger partial charge is 0.279 e. The molecule has 1 aromatic heterocycles. The quantitative estimate of drug-likeness (QED) is 0.536. The predicted octanol–water partition coefficient (Wildman–Crippen LogP) is 3.71. The van der Waals surface area contributed by atoms with Gasteiger partial charge in [-0.3, -0.25) is 4.79 Å². The Bertz CT molecular complexity index is 1130. The van der Waals surface area contributed by atoms with E-state index in [-0.39, 0.29) is 22.8 Å². The van der Waals surface area contributed by atoms with Crippen molar-refractivity contribution in [2.45, 2.75) is 6.42 Å². The molecule has 0 saturated heterocycles. The van der Waals surface area contributed by atoms with Crippen LogP contribution in [0.2, 0.25) is 0 Å². The lowest BCUT2D eigenvalue weighted by Crippen LogP contribution is -2.08. The summed E-state index contributed by atoms with van der Waals surface area (Å²) < 4.78 is 11.2. The minimum absolute atomic E-state index is 0.0161. The predicted molar refractivity (Wildman–Crippen MR) is 104 cm³/mol. The van der Waals surface area contributed by atoms with E-state index in [1.807, 2.05) is 6.07 Å². The van der Waals surface area contributed by atoms with Crippen molar-refractivity contribution < 1.29 is 14.6 Å². The van der Waals surface area contributed by atoms with E-state index in [4.69, 9.17) is 9.47 Å². The number of nitrogens with zero attached hydrogens (tertiary/aromatic N) is 2. The fourth-order valence-corrected chi connectivity index (χ4v) is 3.64. The molecule has 0 fully saturated rings. The molecule has 0 aliphatic heterocycles. The van der Waals surface area contributed by atoms with Gasteiger partial charge in [-0.1, -0.05) is 18.2 Å². The van der Waals surface area contributed by atoms with Gasteiger partial charge < -0.3 is 14.6 Å². The molecule has 27 heavy (non-hydrogen) atoms. The first kappa shape index (κ1) is 18.4. The Balaban J connectivity index is 2.03. The van der Waals surface area contributed by atoms with Gasteiger partial charge in [0.1, 0.15) is 22.4 Å². The number of aromatic nitrogens is 1. The second kappa shape index (κ2) is 7.89. The van der Waals surface area contributed by atoms with Crippen molar-refractivity contribution in [2.75, 3.05) is 14.2 Å². The Labute approximate surface area is 159 Å². The molecule has 6 nitrogen and oxygen atoms in total. The van der Waals surface area contributed by atoms with Crippen LogP contribution in [0.15, 0.2) is 53.0 Å². The summed E-state index contributed by atoms with van der Waals surface area (Å²) >= 11 is 1.19. The summed E-state index contributed by atoms with van der Waals surface area (Å²) in [5, 5.41) is 20.7. The zero-order valence-corrected chi connectivity index (χ0v) is 15.5. The summed E-state index contributed by atoms with van der Waals surface area (Å²) in [5.41, 5.74) is 0.287. The summed E-state index contributed by atoms with van der Waals surface area (Å²) in [6, 6.07) is 14.2. The SMILES string of the molecule is COc1ccc(CC(O)=C(C#N)c2nc(=O)c3ccccc3s2)cc1OC. The molecular formula is C20H16N2O4S. The molecule has 1 N–H and O–H groups in total. The van der Waals surface area contributed by atoms with Gasteiger partial charge in [0.05, 0.1) is 19.6 Å². The maximum Gasteiger partial charge on any atom is 0.279 e. The lowest BCUT2D eigenvalue weighted by atomic mass is 10.1. The molecule has 0 unspecified atom stereocenters. The van der Waals surface area contributed by atoms with Gasteiger partial charge >= 0.3 is 0 Å². The van der Waals surface area contributed by atoms with Gasteiger partial charge in [-0.2, -0.15) is 10.2 Å². The van der Waals surface area contributed by atoms with Gasteiger partial charge in [0.2, 0.25) is 0 Å². The van der Waals surface area contributed by atoms with Gasteiger partial charge in [-0.25, -0.2) is 0 Å². The van der Waals surface area contributed by atoms with E-state index >= 15 is 0 Å². The zero-order valence-electron chi connectivity index (χ0n) is 14.7. The van der Waals surface area contributed by atoms with Crippen LogP contribution >= 0.6 is 11.3 Å². The van der Waals surface area contributed by atoms with Crippen molar-refractivity contribution in [3.63, 3.8) is 0 Å². The number of aliphatic hydroxyl groups excluding tert-OH is 1. The molecule has 136 valence electrons. The number of aliphatic hydroxyl groups is 1. The van der Waals surface area contributed by atoms with Crippen molar-refractivity contribution in [2.24, 2.45) is 0 Å². The van der Waals surface area contributed by atoms with Crippen molar-refractivity contribution in [1.82, 2.24) is 4.98 Å². The van der Waals surface area contributed by atoms with Crippen LogP contribution in [0, 0.1) is 11.3 Å². The zero-order chi connectivity index (χ0) is 19.4. The number of ether oxygens (including phenoxy) is 2. The fraction of sp³-hybridized carbons (Fsp3) is 0.150. The molecule has 0 radical (unpaired) electrons. The highest BCUT2D eigenvalue weighted by Gasteiger charge is 2.15. The van der Waals surface area contributed by atoms with Crippen LogP contribution in [0.3, 0.4) is 0 Å². The molecule has 0 spiro atoms. The molecule has 2 aromatic carbocycles. The van der Waals surface area contributed by atoms with Crippen LogP contribution in [0.1, 0.15) is 10.6 Å². The van der Waals surface area contributed by atoms with Gasteiger partial charge in [-0.05, 0) is 29.8 Å². The maximum absolute atomic E-state index is 12.2. The van der Waals surface area contributed by atoms with Gasteiger partial charge in [0.25, 0.3) is 5.56 Å². The first-order chi connectivity index (χ1) is 13.1. The number of benzene rings is 2. The number of hydrogen-bond donors (Lipinski definition) is 1. The highest BCUT2D eigenvalue weighted by molar-refractivity contribution is 7.19. The van der Waals surface area contributed by atoms with E-state index in [2.05, 4.69) is 4.98 Å². The molecule has 3 rings (SSSR count). The molecule has 0 aliphatic rings. The average molecular weight is 380 g/mol. The normalized spacial score (nSPS) is 11.6. The van der Waals surface area contributed by atoms with Gasteiger partial charge in [-0.15, -0.1) is 11.3 Å². The van der Waals surface area contributed by atoms with Crippen LogP contribution in [-0.4, -0.2) is 24.3 Å². The number of rotatable bonds is 5. The summed E-state index contributed by atoms with van der Waals surface area (Å²) in [4.78, 5) is 16.2. The summed E-state index contributed by atoms with van der Waals surface area (Å²) in [5.74, 6) is 0.928. The summed E-state index contributed by atoms with van der Waals surface area (Å²) in [7, 11) is 3.06. The molecule has 0 amide bonds. The Morgan fingerprint density at radius 2 is 1.93 bits per heavy atom. The van der Waals surface area contributed by atoms with E-state index in [0.717, 1.165) is 5.56 Å². The third-order valence-corrected chi connectivity index (χ3v) is 5.03. The summed E-state index contributed by atoms with van der Waals surface area (Å²) in [6.45, 7) is 0. The minimum atomic E-state index is -0.425. The Morgan fingerprint density at radius 3 is 2.63 bits per heavy atom. The first-order valence-corrected chi connectivity index (χ1v) is 8.82. The Kier molecular flexibility index (Phi) is 5.38. The van der Waals surface area contributed by atoms with Gasteiger partial charge in [0.15, 0.2) is 11.5 Å². The largest absolute Gasteiger partial charge is 0.510 e. The Morgan fingerprint density at radius 1 is 1.19 bits per heavy atom. The molecule has 0 bridgehead atoms. The highest BCUT2D eigenvalue weighted by atomic mass is 32.1. The molecule has 1 heterocycles. The van der Waals surface area contributed by atoms with Crippen LogP contribution in [0.4, 0.5) is 0 Å². The molecular weight excluding hydrogens is 364 g/mol. The lowest BCUT2D eigenvalue weighted by molar-refractivity contribution is 0.354. The Hall–Kier alpha value is -3.37. The van der Waals surface area contributed by atoms with Crippen molar-refractivity contribution in [3.8, 4) is 17.6 Å². The van der Waals surface area contributed by atoms with Crippen LogP contribution < -0.4 is 15.0 Å². The maximum atomic E-state index is 12.2. The van der Waals surface area contributed by atoms with E-state index in [1.165, 1.54) is 25.6 Å². The molecule has 0 aliphatic carbocycles. The molecule has 7 heteroatoms. The summed E-state index contributed by atoms with van der Waals surface area (Å²) in [6.07, 6.45) is 0.0959. The van der Waals surface area contributed by atoms with Crippen LogP contribution in [0.5, 0.6) is 11.5 Å². The average Bonchev–Trinajstić information content (AvgIpc) is 2.68. The third-order valence-electron chi connectivity index (χ3n) is 3.96. The van der Waals surface area contributed by atoms with Crippen molar-refractivity contribution in [3.05, 3.63) is 69.1 Å². The standard InChI is InChI=1S/C20H16N2O4S/c1-25-16-8-7-12(10-17(16)26-2)9-15(23)14(11-21)20-22-19(24)13-5-3-4-6-18(13)27-20/h3-8,10,23H,9H2,1-2H3. The lowest BCUT2D eigenvalue weighted by Gasteiger charge is -2.10. The van der Waals surface area contributed by atoms with E-state index < -0.39 is 5.56 Å². The fourth-order valence-electron chi connectivity index (χ4n) is 2.63. The topological polar surface area (TPSA) is 92.4 Å². The highest BCUT2D eigenvalue weighted by Crippen LogP contribution is 2.30. The van der Waals surface area contributed by atoms with Crippen molar-refractivity contribution in [1.29, 1.82) is 5.26 Å². The van der Waals surface area contributed by atoms with Crippen molar-refractivity contribution >= 4 is 27.0 Å². The van der Waals surface area contributed by atoms with Crippen LogP contribution in [0.25, 0.3) is 15.7 Å². The van der Waals surface area contributed by atoms with E-state index in [1.54, 1.807) is 42.5 Å². The second-order valence-corrected chi connectivity index (χ2v) is 6.65. The second-order valence-electron chi connectivity index (χ2n) is 5.62. The van der Waals surface area contributed by atoms with Crippen LogP contribution in [-0.2, 0) is 6.42 Å². The number of methoxy groups -OCH3 is 2. The molecule has 0 saturated carbocycles. The van der Waals surface area contributed by atoms with Gasteiger partial charge in [0, 0.05) is 11.1 Å². The van der Waals surface area contributed by atoms with E-state index in [0.29, 0.717) is 21.6 Å². The number of allylic oxidation sites excluding steroid dienone is 2. The third kappa shape index (κ3) is 3.76. The number of fused-ring (bicyclic) bond motifs is 1. The first-order valence-electron chi connectivity index (χ1n) is 8.00. The van der Waals surface area contributed by atoms with E-state index in [9.17, 15) is 15.2 Å². The number of hydrogen-bond acceptors (Lipinski definition) is 7.